The molecule has 1 amide bonds. The molecular formula is C5H5NO5. The molecule has 11 heavy (non-hydrogen) atoms. The van der Waals surface area contributed by atoms with E-state index in [1.54, 1.807) is 0 Å². The number of nitrogens with zero attached hydrogens (tertiary/aromatic N) is 1. The maximum atomic E-state index is 10.3. The third kappa shape index (κ3) is 3.79. The molecule has 0 N–H and O–H groups in total. The van der Waals surface area contributed by atoms with Gasteiger partial charge in [-0.25, -0.2) is 9.59 Å². The molecular weight excluding hydrogens is 154 g/mol. The molecule has 0 fully saturated rings. The van der Waals surface area contributed by atoms with Crippen LogP contribution in [0.25, 0.3) is 0 Å². The van der Waals surface area contributed by atoms with Gasteiger partial charge < -0.3 is 4.74 Å². The topological polar surface area (TPSA) is 86.5 Å². The van der Waals surface area contributed by atoms with E-state index in [1.807, 2.05) is 0 Å². The molecule has 0 aliphatic carbocycles. The largest absolute Gasteiger partial charge is 0.469 e. The lowest BCUT2D eigenvalue weighted by atomic mass is 10.5. The number of hydrogen-bond donors (Lipinski definition) is 0. The smallest absolute Gasteiger partial charge is 0.466 e. The van der Waals surface area contributed by atoms with Crippen LogP contribution >= 0.6 is 0 Å². The van der Waals surface area contributed by atoms with Crippen LogP contribution in [0.1, 0.15) is 0 Å². The highest BCUT2D eigenvalue weighted by atomic mass is 16.6. The van der Waals surface area contributed by atoms with Crippen LogP contribution < -0.4 is 0 Å². The third-order valence-electron chi connectivity index (χ3n) is 0.743. The Balaban J connectivity index is 4.04. The molecule has 0 aromatic carbocycles. The predicted octanol–water partition coefficient (Wildman–Crippen LogP) is -0.481. The zero-order valence-corrected chi connectivity index (χ0v) is 5.64. The van der Waals surface area contributed by atoms with Gasteiger partial charge in [0.15, 0.2) is 0 Å². The summed E-state index contributed by atoms with van der Waals surface area (Å²) in [6.07, 6.45) is 1.22. The Kier molecular flexibility index (Phi) is 3.50. The zero-order chi connectivity index (χ0) is 8.85. The molecule has 0 spiro atoms. The Morgan fingerprint density at radius 1 is 1.45 bits per heavy atom. The van der Waals surface area contributed by atoms with Gasteiger partial charge in [0, 0.05) is 6.08 Å². The van der Waals surface area contributed by atoms with Crippen LogP contribution in [0.3, 0.4) is 0 Å². The number of methoxy groups -OCH3 is 1. The minimum absolute atomic E-state index is 0.534. The Hall–Kier alpha value is -1.72. The predicted molar refractivity (Wildman–Crippen MR) is 33.2 cm³/mol. The van der Waals surface area contributed by atoms with Gasteiger partial charge in [0.2, 0.25) is 0 Å². The minimum Gasteiger partial charge on any atom is -0.466 e. The van der Waals surface area contributed by atoms with E-state index in [0.29, 0.717) is 12.2 Å². The maximum Gasteiger partial charge on any atom is 0.469 e. The number of hydrogen-bond acceptors (Lipinski definition) is 5. The summed E-state index contributed by atoms with van der Waals surface area (Å²) in [7, 11) is 1.10. The molecule has 0 aromatic rings. The van der Waals surface area contributed by atoms with Gasteiger partial charge in [-0.2, -0.15) is 0 Å². The lowest BCUT2D eigenvalue weighted by Gasteiger charge is -1.85. The lowest BCUT2D eigenvalue weighted by molar-refractivity contribution is -0.396. The molecule has 0 aliphatic heterocycles. The summed E-state index contributed by atoms with van der Waals surface area (Å²) in [5.41, 5.74) is 0. The summed E-state index contributed by atoms with van der Waals surface area (Å²) in [5, 5.41) is 9.65. The highest BCUT2D eigenvalue weighted by Gasteiger charge is 2.09. The first kappa shape index (κ1) is 9.28. The number of nitro groups is 1. The number of esters is 1. The number of carbonyl (C=O) groups excluding carboxylic acids is 2. The van der Waals surface area contributed by atoms with Gasteiger partial charge in [-0.3, -0.25) is 10.1 Å². The van der Waals surface area contributed by atoms with Crippen molar-refractivity contribution in [3.63, 3.8) is 0 Å². The highest BCUT2D eigenvalue weighted by molar-refractivity contribution is 5.90. The van der Waals surface area contributed by atoms with Crippen LogP contribution in [0.4, 0.5) is 0 Å². The van der Waals surface area contributed by atoms with Gasteiger partial charge >= 0.3 is 11.9 Å². The monoisotopic (exact) mass is 159 g/mol. The van der Waals surface area contributed by atoms with Crippen molar-refractivity contribution in [2.75, 3.05) is 7.11 Å². The molecule has 0 radical (unpaired) electrons. The molecule has 0 unspecified atom stereocenters. The summed E-state index contributed by atoms with van der Waals surface area (Å²) in [6.45, 7) is 0. The van der Waals surface area contributed by atoms with Gasteiger partial charge in [-0.1, -0.05) is 0 Å². The molecule has 0 saturated heterocycles. The standard InChI is InChI=1S/C5H5NO5/c1-11-5(8)3-2-4(7)6(9)10/h2-3H,1H3/b3-2+. The number of ether oxygens (including phenoxy) is 1. The van der Waals surface area contributed by atoms with E-state index >= 15 is 0 Å². The van der Waals surface area contributed by atoms with Crippen LogP contribution in [0.2, 0.25) is 0 Å². The number of rotatable bonds is 2. The minimum atomic E-state index is -1.35. The van der Waals surface area contributed by atoms with Crippen molar-refractivity contribution in [2.45, 2.75) is 0 Å². The van der Waals surface area contributed by atoms with Crippen molar-refractivity contribution in [1.82, 2.24) is 0 Å². The first-order valence-corrected chi connectivity index (χ1v) is 2.52. The van der Waals surface area contributed by atoms with E-state index in [4.69, 9.17) is 0 Å². The van der Waals surface area contributed by atoms with Gasteiger partial charge in [0.1, 0.15) is 4.92 Å². The molecule has 0 aliphatic rings. The van der Waals surface area contributed by atoms with Gasteiger partial charge in [0.25, 0.3) is 0 Å². The fourth-order valence-electron chi connectivity index (χ4n) is 0.268. The fourth-order valence-corrected chi connectivity index (χ4v) is 0.268. The molecule has 0 rings (SSSR count). The van der Waals surface area contributed by atoms with Crippen LogP contribution in [0.15, 0.2) is 12.2 Å². The molecule has 60 valence electrons. The van der Waals surface area contributed by atoms with Crippen molar-refractivity contribution in [1.29, 1.82) is 0 Å². The van der Waals surface area contributed by atoms with Crippen LogP contribution in [-0.2, 0) is 14.3 Å². The Bertz CT molecular complexity index is 219. The van der Waals surface area contributed by atoms with E-state index < -0.39 is 16.8 Å². The van der Waals surface area contributed by atoms with Crippen LogP contribution in [-0.4, -0.2) is 23.9 Å². The van der Waals surface area contributed by atoms with E-state index in [0.717, 1.165) is 7.11 Å². The van der Waals surface area contributed by atoms with Crippen LogP contribution in [0, 0.1) is 10.1 Å². The first-order valence-electron chi connectivity index (χ1n) is 2.52. The first-order chi connectivity index (χ1) is 5.07. The summed E-state index contributed by atoms with van der Waals surface area (Å²) in [4.78, 5) is 28.9. The second kappa shape index (κ2) is 4.15. The summed E-state index contributed by atoms with van der Waals surface area (Å²) in [6, 6.07) is 0. The third-order valence-corrected chi connectivity index (χ3v) is 0.743. The normalized spacial score (nSPS) is 9.55. The Labute approximate surface area is 61.6 Å². The lowest BCUT2D eigenvalue weighted by Crippen LogP contribution is -2.08. The molecule has 6 heteroatoms. The molecule has 0 heterocycles. The SMILES string of the molecule is COC(=O)/C=C/C(=O)[N+](=O)[O-]. The van der Waals surface area contributed by atoms with Crippen molar-refractivity contribution in [3.8, 4) is 0 Å². The molecule has 0 atom stereocenters. The van der Waals surface area contributed by atoms with Crippen molar-refractivity contribution in [3.05, 3.63) is 22.3 Å². The van der Waals surface area contributed by atoms with Crippen molar-refractivity contribution in [2.24, 2.45) is 0 Å². The number of carbonyl (C=O) groups is 2. The zero-order valence-electron chi connectivity index (χ0n) is 5.64. The molecule has 0 saturated carbocycles. The summed E-state index contributed by atoms with van der Waals surface area (Å²) >= 11 is 0. The fraction of sp³-hybridized carbons (Fsp3) is 0.200. The van der Waals surface area contributed by atoms with Crippen molar-refractivity contribution < 1.29 is 19.2 Å². The van der Waals surface area contributed by atoms with E-state index in [2.05, 4.69) is 4.74 Å². The quantitative estimate of drug-likeness (QED) is 0.235. The highest BCUT2D eigenvalue weighted by Crippen LogP contribution is 1.81. The van der Waals surface area contributed by atoms with E-state index in [1.165, 1.54) is 0 Å². The average molecular weight is 159 g/mol. The summed E-state index contributed by atoms with van der Waals surface area (Å²) in [5.74, 6) is -2.16. The van der Waals surface area contributed by atoms with Crippen LogP contribution in [0.5, 0.6) is 0 Å². The summed E-state index contributed by atoms with van der Waals surface area (Å²) < 4.78 is 4.08. The molecule has 0 bridgehead atoms. The second-order valence-electron chi connectivity index (χ2n) is 1.45. The van der Waals surface area contributed by atoms with Gasteiger partial charge in [-0.05, 0) is 0 Å². The van der Waals surface area contributed by atoms with E-state index in [-0.39, 0.29) is 0 Å². The molecule has 0 aromatic heterocycles. The average Bonchev–Trinajstić information content (AvgIpc) is 1.99. The Morgan fingerprint density at radius 3 is 2.36 bits per heavy atom. The van der Waals surface area contributed by atoms with Crippen molar-refractivity contribution >= 4 is 11.9 Å². The van der Waals surface area contributed by atoms with Gasteiger partial charge in [-0.15, -0.1) is 0 Å². The Morgan fingerprint density at radius 2 is 2.00 bits per heavy atom. The number of amides is 1. The maximum absolute atomic E-state index is 10.3. The molecule has 6 nitrogen and oxygen atoms in total. The van der Waals surface area contributed by atoms with Gasteiger partial charge in [0.05, 0.1) is 13.2 Å². The second-order valence-corrected chi connectivity index (χ2v) is 1.45. The van der Waals surface area contributed by atoms with E-state index in [9.17, 15) is 19.7 Å².